The van der Waals surface area contributed by atoms with Crippen LogP contribution in [0.4, 0.5) is 5.13 Å². The fourth-order valence-corrected chi connectivity index (χ4v) is 2.65. The Bertz CT molecular complexity index is 318. The van der Waals surface area contributed by atoms with E-state index in [-0.39, 0.29) is 0 Å². The number of hydrogen-bond acceptors (Lipinski definition) is 5. The van der Waals surface area contributed by atoms with Gasteiger partial charge in [-0.3, -0.25) is 0 Å². The number of nitrogens with zero attached hydrogens (tertiary/aromatic N) is 3. The van der Waals surface area contributed by atoms with Gasteiger partial charge in [0.1, 0.15) is 0 Å². The van der Waals surface area contributed by atoms with Crippen LogP contribution >= 0.6 is 11.3 Å². The maximum absolute atomic E-state index is 4.66. The van der Waals surface area contributed by atoms with Crippen molar-refractivity contribution in [2.24, 2.45) is 0 Å². The molecular formula is C11H20N4S. The van der Waals surface area contributed by atoms with Crippen molar-refractivity contribution in [3.63, 3.8) is 0 Å². The van der Waals surface area contributed by atoms with Gasteiger partial charge < -0.3 is 15.1 Å². The first-order valence-electron chi connectivity index (χ1n) is 5.88. The molecule has 2 rings (SSSR count). The van der Waals surface area contributed by atoms with Crippen LogP contribution in [0.1, 0.15) is 12.6 Å². The van der Waals surface area contributed by atoms with Gasteiger partial charge in [0.15, 0.2) is 5.13 Å². The first kappa shape index (κ1) is 11.8. The molecule has 0 radical (unpaired) electrons. The van der Waals surface area contributed by atoms with Crippen molar-refractivity contribution in [3.8, 4) is 0 Å². The molecule has 0 amide bonds. The van der Waals surface area contributed by atoms with Crippen molar-refractivity contribution in [1.82, 2.24) is 15.2 Å². The van der Waals surface area contributed by atoms with Gasteiger partial charge in [-0.1, -0.05) is 6.92 Å². The normalized spacial score (nSPS) is 18.0. The summed E-state index contributed by atoms with van der Waals surface area (Å²) in [5.74, 6) is 0. The van der Waals surface area contributed by atoms with Gasteiger partial charge >= 0.3 is 0 Å². The highest BCUT2D eigenvalue weighted by atomic mass is 32.1. The molecule has 1 aliphatic rings. The molecule has 1 fully saturated rings. The quantitative estimate of drug-likeness (QED) is 0.851. The van der Waals surface area contributed by atoms with Crippen molar-refractivity contribution >= 4 is 16.5 Å². The first-order chi connectivity index (χ1) is 7.79. The Morgan fingerprint density at radius 1 is 1.38 bits per heavy atom. The highest BCUT2D eigenvalue weighted by Gasteiger charge is 2.16. The van der Waals surface area contributed by atoms with E-state index in [9.17, 15) is 0 Å². The lowest BCUT2D eigenvalue weighted by Crippen LogP contribution is -2.44. The zero-order valence-electron chi connectivity index (χ0n) is 10.1. The summed E-state index contributed by atoms with van der Waals surface area (Å²) in [5.41, 5.74) is 1.17. The molecule has 1 aromatic heterocycles. The molecule has 5 heteroatoms. The molecule has 1 N–H and O–H groups in total. The minimum absolute atomic E-state index is 0.890. The van der Waals surface area contributed by atoms with Gasteiger partial charge in [0.2, 0.25) is 0 Å². The third-order valence-electron chi connectivity index (χ3n) is 2.87. The van der Waals surface area contributed by atoms with Gasteiger partial charge in [0.25, 0.3) is 0 Å². The Balaban J connectivity index is 1.91. The van der Waals surface area contributed by atoms with E-state index in [0.29, 0.717) is 0 Å². The van der Waals surface area contributed by atoms with Crippen LogP contribution in [-0.2, 0) is 6.54 Å². The van der Waals surface area contributed by atoms with Gasteiger partial charge in [0, 0.05) is 38.1 Å². The van der Waals surface area contributed by atoms with Crippen molar-refractivity contribution < 1.29 is 0 Å². The van der Waals surface area contributed by atoms with Crippen LogP contribution in [0.25, 0.3) is 0 Å². The number of likely N-dealkylation sites (N-methyl/N-ethyl adjacent to an activating group) is 1. The third-order valence-corrected chi connectivity index (χ3v) is 3.82. The lowest BCUT2D eigenvalue weighted by Gasteiger charge is -2.32. The zero-order valence-corrected chi connectivity index (χ0v) is 10.9. The van der Waals surface area contributed by atoms with Crippen molar-refractivity contribution in [2.45, 2.75) is 13.5 Å². The van der Waals surface area contributed by atoms with Crippen LogP contribution in [0.5, 0.6) is 0 Å². The molecule has 0 atom stereocenters. The molecule has 1 aliphatic heterocycles. The summed E-state index contributed by atoms with van der Waals surface area (Å²) in [6, 6.07) is 0. The average Bonchev–Trinajstić information content (AvgIpc) is 2.76. The van der Waals surface area contributed by atoms with E-state index < -0.39 is 0 Å². The van der Waals surface area contributed by atoms with Crippen LogP contribution in [-0.4, -0.2) is 49.7 Å². The molecule has 0 spiro atoms. The summed E-state index contributed by atoms with van der Waals surface area (Å²) in [5, 5.41) is 6.65. The largest absolute Gasteiger partial charge is 0.346 e. The second-order valence-corrected chi connectivity index (χ2v) is 5.03. The molecule has 2 heterocycles. The number of nitrogens with one attached hydrogen (secondary N) is 1. The minimum atomic E-state index is 0.890. The Labute approximate surface area is 101 Å². The van der Waals surface area contributed by atoms with E-state index in [0.717, 1.165) is 39.3 Å². The summed E-state index contributed by atoms with van der Waals surface area (Å²) < 4.78 is 0. The van der Waals surface area contributed by atoms with Gasteiger partial charge in [0.05, 0.1) is 5.69 Å². The maximum atomic E-state index is 4.66. The number of anilines is 1. The van der Waals surface area contributed by atoms with Crippen LogP contribution in [0.15, 0.2) is 5.38 Å². The second-order valence-electron chi connectivity index (χ2n) is 4.19. The lowest BCUT2D eigenvalue weighted by molar-refractivity contribution is 0.312. The topological polar surface area (TPSA) is 31.4 Å². The van der Waals surface area contributed by atoms with Crippen LogP contribution in [0.3, 0.4) is 0 Å². The predicted molar refractivity (Wildman–Crippen MR) is 69.2 cm³/mol. The SMILES string of the molecule is CCNCc1csc(N2CCN(C)CC2)n1. The molecule has 0 unspecified atom stereocenters. The summed E-state index contributed by atoms with van der Waals surface area (Å²) in [6.45, 7) is 8.50. The molecule has 0 saturated carbocycles. The van der Waals surface area contributed by atoms with E-state index in [1.165, 1.54) is 10.8 Å². The molecule has 4 nitrogen and oxygen atoms in total. The maximum Gasteiger partial charge on any atom is 0.185 e. The lowest BCUT2D eigenvalue weighted by atomic mass is 10.3. The Hall–Kier alpha value is -0.650. The minimum Gasteiger partial charge on any atom is -0.346 e. The van der Waals surface area contributed by atoms with E-state index in [1.807, 2.05) is 0 Å². The van der Waals surface area contributed by atoms with E-state index in [2.05, 4.69) is 39.5 Å². The summed E-state index contributed by atoms with van der Waals surface area (Å²) in [7, 11) is 2.18. The second kappa shape index (κ2) is 5.61. The zero-order chi connectivity index (χ0) is 11.4. The van der Waals surface area contributed by atoms with E-state index in [4.69, 9.17) is 0 Å². The van der Waals surface area contributed by atoms with Gasteiger partial charge in [-0.05, 0) is 13.6 Å². The molecular weight excluding hydrogens is 220 g/mol. The average molecular weight is 240 g/mol. The Kier molecular flexibility index (Phi) is 4.15. The van der Waals surface area contributed by atoms with Crippen molar-refractivity contribution in [2.75, 3.05) is 44.7 Å². The highest BCUT2D eigenvalue weighted by Crippen LogP contribution is 2.21. The van der Waals surface area contributed by atoms with Crippen LogP contribution in [0.2, 0.25) is 0 Å². The number of rotatable bonds is 4. The molecule has 1 saturated heterocycles. The van der Waals surface area contributed by atoms with Crippen molar-refractivity contribution in [1.29, 1.82) is 0 Å². The fraction of sp³-hybridized carbons (Fsp3) is 0.727. The third kappa shape index (κ3) is 2.93. The molecule has 0 bridgehead atoms. The monoisotopic (exact) mass is 240 g/mol. The Morgan fingerprint density at radius 2 is 2.12 bits per heavy atom. The smallest absolute Gasteiger partial charge is 0.185 e. The molecule has 1 aromatic rings. The van der Waals surface area contributed by atoms with Crippen molar-refractivity contribution in [3.05, 3.63) is 11.1 Å². The van der Waals surface area contributed by atoms with Gasteiger partial charge in [-0.2, -0.15) is 0 Å². The summed E-state index contributed by atoms with van der Waals surface area (Å²) >= 11 is 1.76. The van der Waals surface area contributed by atoms with Gasteiger partial charge in [-0.25, -0.2) is 4.98 Å². The predicted octanol–water partition coefficient (Wildman–Crippen LogP) is 1.00. The van der Waals surface area contributed by atoms with Crippen LogP contribution in [0, 0.1) is 0 Å². The fourth-order valence-electron chi connectivity index (χ4n) is 1.77. The van der Waals surface area contributed by atoms with E-state index in [1.54, 1.807) is 11.3 Å². The first-order valence-corrected chi connectivity index (χ1v) is 6.76. The summed E-state index contributed by atoms with van der Waals surface area (Å²) in [4.78, 5) is 9.41. The summed E-state index contributed by atoms with van der Waals surface area (Å²) in [6.07, 6.45) is 0. The van der Waals surface area contributed by atoms with Crippen LogP contribution < -0.4 is 10.2 Å². The standard InChI is InChI=1S/C11H20N4S/c1-3-12-8-10-9-16-11(13-10)15-6-4-14(2)5-7-15/h9,12H,3-8H2,1-2H3. The van der Waals surface area contributed by atoms with Gasteiger partial charge in [-0.15, -0.1) is 11.3 Å². The van der Waals surface area contributed by atoms with E-state index >= 15 is 0 Å². The Morgan fingerprint density at radius 3 is 2.81 bits per heavy atom. The molecule has 0 aliphatic carbocycles. The molecule has 0 aromatic carbocycles. The number of aromatic nitrogens is 1. The number of thiazole rings is 1. The highest BCUT2D eigenvalue weighted by molar-refractivity contribution is 7.13. The number of hydrogen-bond donors (Lipinski definition) is 1. The number of piperazine rings is 1. The molecule has 16 heavy (non-hydrogen) atoms. The molecule has 90 valence electrons.